The van der Waals surface area contributed by atoms with Gasteiger partial charge >= 0.3 is 0 Å². The van der Waals surface area contributed by atoms with Crippen molar-refractivity contribution >= 4 is 27.5 Å². The number of sulfonamides is 1. The number of methoxy groups -OCH3 is 1. The molecule has 0 bridgehead atoms. The van der Waals surface area contributed by atoms with Crippen molar-refractivity contribution in [3.63, 3.8) is 0 Å². The highest BCUT2D eigenvalue weighted by molar-refractivity contribution is 7.92. The van der Waals surface area contributed by atoms with Crippen LogP contribution in [0.3, 0.4) is 0 Å². The first-order chi connectivity index (χ1) is 17.5. The van der Waals surface area contributed by atoms with Gasteiger partial charge < -0.3 is 19.7 Å². The van der Waals surface area contributed by atoms with Crippen LogP contribution in [0, 0.1) is 5.92 Å². The fraction of sp³-hybridized carbons (Fsp3) is 0.481. The van der Waals surface area contributed by atoms with E-state index in [0.717, 1.165) is 16.1 Å². The second-order valence-corrected chi connectivity index (χ2v) is 11.0. The van der Waals surface area contributed by atoms with E-state index in [9.17, 15) is 18.0 Å². The Balaban J connectivity index is 2.46. The predicted octanol–water partition coefficient (Wildman–Crippen LogP) is 3.44. The lowest BCUT2D eigenvalue weighted by Gasteiger charge is -2.33. The van der Waals surface area contributed by atoms with Crippen LogP contribution in [0.1, 0.15) is 39.7 Å². The van der Waals surface area contributed by atoms with Gasteiger partial charge in [0.2, 0.25) is 21.8 Å². The average Bonchev–Trinajstić information content (AvgIpc) is 2.86. The summed E-state index contributed by atoms with van der Waals surface area (Å²) in [5.74, 6) is 0.478. The molecule has 2 aromatic carbocycles. The minimum absolute atomic E-state index is 0.126. The zero-order chi connectivity index (χ0) is 27.6. The van der Waals surface area contributed by atoms with E-state index in [1.807, 2.05) is 32.9 Å². The highest BCUT2D eigenvalue weighted by Crippen LogP contribution is 2.30. The highest BCUT2D eigenvalue weighted by Gasteiger charge is 2.32. The monoisotopic (exact) mass is 533 g/mol. The molecule has 0 saturated heterocycles. The molecule has 2 rings (SSSR count). The third kappa shape index (κ3) is 8.66. The molecule has 204 valence electrons. The van der Waals surface area contributed by atoms with Crippen molar-refractivity contribution in [2.24, 2.45) is 5.92 Å². The topological polar surface area (TPSA) is 105 Å². The van der Waals surface area contributed by atoms with Gasteiger partial charge in [0.15, 0.2) is 0 Å². The normalized spacial score (nSPS) is 12.1. The maximum absolute atomic E-state index is 13.8. The van der Waals surface area contributed by atoms with Crippen LogP contribution in [0.15, 0.2) is 48.5 Å². The van der Waals surface area contributed by atoms with Crippen LogP contribution in [-0.2, 0) is 26.2 Å². The summed E-state index contributed by atoms with van der Waals surface area (Å²) in [4.78, 5) is 28.4. The van der Waals surface area contributed by atoms with Gasteiger partial charge in [-0.25, -0.2) is 8.42 Å². The second kappa shape index (κ2) is 13.9. The number of benzene rings is 2. The Labute approximate surface area is 220 Å². The van der Waals surface area contributed by atoms with Crippen molar-refractivity contribution in [3.8, 4) is 11.5 Å². The van der Waals surface area contributed by atoms with Gasteiger partial charge in [0.05, 0.1) is 25.7 Å². The van der Waals surface area contributed by atoms with Crippen molar-refractivity contribution in [1.82, 2.24) is 10.2 Å². The summed E-state index contributed by atoms with van der Waals surface area (Å²) < 4.78 is 37.5. The Morgan fingerprint density at radius 3 is 2.22 bits per heavy atom. The predicted molar refractivity (Wildman–Crippen MR) is 145 cm³/mol. The van der Waals surface area contributed by atoms with E-state index in [4.69, 9.17) is 9.47 Å². The van der Waals surface area contributed by atoms with E-state index in [-0.39, 0.29) is 24.1 Å². The molecule has 0 aliphatic heterocycles. The minimum Gasteiger partial charge on any atom is -0.497 e. The quantitative estimate of drug-likeness (QED) is 0.399. The Kier molecular flexibility index (Phi) is 11.2. The molecule has 2 amide bonds. The van der Waals surface area contributed by atoms with E-state index in [1.165, 1.54) is 4.90 Å². The van der Waals surface area contributed by atoms with Gasteiger partial charge in [0.25, 0.3) is 0 Å². The molecule has 0 aliphatic carbocycles. The van der Waals surface area contributed by atoms with Gasteiger partial charge in [0, 0.05) is 13.1 Å². The standard InChI is InChI=1S/C27H39N3O6S/c1-7-23(27(32)28-17-20(3)4)29(18-21-13-15-22(35-5)16-14-21)26(31)19-30(37(6,33)34)24-11-9-10-12-25(24)36-8-2/h9-16,20,23H,7-8,17-19H2,1-6H3,(H,28,32). The number of hydrogen-bond acceptors (Lipinski definition) is 6. The summed E-state index contributed by atoms with van der Waals surface area (Å²) in [7, 11) is -2.29. The third-order valence-corrected chi connectivity index (χ3v) is 6.82. The molecule has 37 heavy (non-hydrogen) atoms. The Hall–Kier alpha value is -3.27. The van der Waals surface area contributed by atoms with Crippen LogP contribution in [0.4, 0.5) is 5.69 Å². The van der Waals surface area contributed by atoms with E-state index >= 15 is 0 Å². The number of nitrogens with one attached hydrogen (secondary N) is 1. The number of nitrogens with zero attached hydrogens (tertiary/aromatic N) is 2. The van der Waals surface area contributed by atoms with Crippen molar-refractivity contribution in [1.29, 1.82) is 0 Å². The SMILES string of the molecule is CCOc1ccccc1N(CC(=O)N(Cc1ccc(OC)cc1)C(CC)C(=O)NCC(C)C)S(C)(=O)=O. The second-order valence-electron chi connectivity index (χ2n) is 9.10. The van der Waals surface area contributed by atoms with Crippen molar-refractivity contribution < 1.29 is 27.5 Å². The van der Waals surface area contributed by atoms with Crippen LogP contribution < -0.4 is 19.1 Å². The van der Waals surface area contributed by atoms with Gasteiger partial charge in [-0.3, -0.25) is 13.9 Å². The summed E-state index contributed by atoms with van der Waals surface area (Å²) in [6.07, 6.45) is 1.41. The lowest BCUT2D eigenvalue weighted by atomic mass is 10.1. The van der Waals surface area contributed by atoms with Gasteiger partial charge in [-0.2, -0.15) is 0 Å². The van der Waals surface area contributed by atoms with Crippen molar-refractivity contribution in [2.45, 2.75) is 46.7 Å². The van der Waals surface area contributed by atoms with Gasteiger partial charge in [-0.1, -0.05) is 45.0 Å². The number of rotatable bonds is 14. The maximum Gasteiger partial charge on any atom is 0.244 e. The largest absolute Gasteiger partial charge is 0.497 e. The first-order valence-corrected chi connectivity index (χ1v) is 14.3. The van der Waals surface area contributed by atoms with Crippen LogP contribution in [0.2, 0.25) is 0 Å². The molecule has 1 N–H and O–H groups in total. The average molecular weight is 534 g/mol. The summed E-state index contributed by atoms with van der Waals surface area (Å²) in [6, 6.07) is 13.1. The lowest BCUT2D eigenvalue weighted by molar-refractivity contribution is -0.140. The van der Waals surface area contributed by atoms with E-state index in [2.05, 4.69) is 5.32 Å². The molecule has 0 spiro atoms. The lowest BCUT2D eigenvalue weighted by Crippen LogP contribution is -2.52. The van der Waals surface area contributed by atoms with Crippen LogP contribution in [0.5, 0.6) is 11.5 Å². The van der Waals surface area contributed by atoms with Gasteiger partial charge in [-0.05, 0) is 49.1 Å². The number of ether oxygens (including phenoxy) is 2. The first-order valence-electron chi connectivity index (χ1n) is 12.4. The van der Waals surface area contributed by atoms with Crippen LogP contribution in [-0.4, -0.2) is 64.2 Å². The number of anilines is 1. The van der Waals surface area contributed by atoms with Crippen LogP contribution in [0.25, 0.3) is 0 Å². The van der Waals surface area contributed by atoms with E-state index in [1.54, 1.807) is 50.4 Å². The molecule has 0 radical (unpaired) electrons. The molecule has 0 fully saturated rings. The molecule has 0 saturated carbocycles. The number of hydrogen-bond donors (Lipinski definition) is 1. The number of para-hydroxylation sites is 2. The number of amides is 2. The zero-order valence-corrected chi connectivity index (χ0v) is 23.4. The summed E-state index contributed by atoms with van der Waals surface area (Å²) in [6.45, 7) is 8.05. The molecule has 0 aromatic heterocycles. The molecule has 10 heteroatoms. The van der Waals surface area contributed by atoms with Gasteiger partial charge in [-0.15, -0.1) is 0 Å². The molecule has 0 heterocycles. The van der Waals surface area contributed by atoms with E-state index in [0.29, 0.717) is 31.1 Å². The molecule has 2 aromatic rings. The first kappa shape index (κ1) is 30.0. The fourth-order valence-corrected chi connectivity index (χ4v) is 4.66. The molecular weight excluding hydrogens is 494 g/mol. The summed E-state index contributed by atoms with van der Waals surface area (Å²) in [5.41, 5.74) is 1.05. The molecule has 1 atom stereocenters. The minimum atomic E-state index is -3.85. The maximum atomic E-state index is 13.8. The van der Waals surface area contributed by atoms with Gasteiger partial charge in [0.1, 0.15) is 24.1 Å². The molecule has 0 aliphatic rings. The number of carbonyl (C=O) groups is 2. The Morgan fingerprint density at radius 1 is 1.03 bits per heavy atom. The van der Waals surface area contributed by atoms with Crippen molar-refractivity contribution in [3.05, 3.63) is 54.1 Å². The molecule has 9 nitrogen and oxygen atoms in total. The van der Waals surface area contributed by atoms with Crippen LogP contribution >= 0.6 is 0 Å². The molecule has 1 unspecified atom stereocenters. The molecular formula is C27H39N3O6S. The Bertz CT molecular complexity index is 1140. The highest BCUT2D eigenvalue weighted by atomic mass is 32.2. The Morgan fingerprint density at radius 2 is 1.68 bits per heavy atom. The summed E-state index contributed by atoms with van der Waals surface area (Å²) in [5, 5.41) is 2.91. The van der Waals surface area contributed by atoms with E-state index < -0.39 is 28.5 Å². The zero-order valence-electron chi connectivity index (χ0n) is 22.6. The van der Waals surface area contributed by atoms with Crippen molar-refractivity contribution in [2.75, 3.05) is 37.4 Å². The smallest absolute Gasteiger partial charge is 0.244 e. The summed E-state index contributed by atoms with van der Waals surface area (Å²) >= 11 is 0. The fourth-order valence-electron chi connectivity index (χ4n) is 3.81. The third-order valence-electron chi connectivity index (χ3n) is 5.70. The number of carbonyl (C=O) groups excluding carboxylic acids is 2.